The highest BCUT2D eigenvalue weighted by molar-refractivity contribution is 6.31. The number of nitrogens with one attached hydrogen (secondary N) is 3. The molecule has 3 aromatic rings. The molecule has 35 heavy (non-hydrogen) atoms. The summed E-state index contributed by atoms with van der Waals surface area (Å²) < 4.78 is 0. The lowest BCUT2D eigenvalue weighted by molar-refractivity contribution is -0.384. The van der Waals surface area contributed by atoms with Crippen LogP contribution in [0, 0.1) is 10.1 Å². The van der Waals surface area contributed by atoms with Crippen LogP contribution in [-0.4, -0.2) is 28.8 Å². The first kappa shape index (κ1) is 24.2. The molecule has 0 heterocycles. The van der Waals surface area contributed by atoms with Crippen molar-refractivity contribution in [3.63, 3.8) is 0 Å². The Bertz CT molecular complexity index is 1230. The lowest BCUT2D eigenvalue weighted by Crippen LogP contribution is -2.48. The molecule has 1 fully saturated rings. The van der Waals surface area contributed by atoms with Crippen molar-refractivity contribution in [3.05, 3.63) is 105 Å². The van der Waals surface area contributed by atoms with Crippen molar-refractivity contribution in [2.24, 2.45) is 0 Å². The van der Waals surface area contributed by atoms with Crippen LogP contribution in [-0.2, 0) is 17.8 Å². The molecule has 0 spiro atoms. The van der Waals surface area contributed by atoms with E-state index in [1.165, 1.54) is 18.2 Å². The van der Waals surface area contributed by atoms with Crippen molar-refractivity contribution in [2.45, 2.75) is 37.9 Å². The SMILES string of the molecule is O=C(N[C@H](Cc1ccccc1)C(=O)NC1CC1)c1ccc(NCc2ccccc2Cl)c([N+](=O)[O-])c1. The van der Waals surface area contributed by atoms with E-state index in [4.69, 9.17) is 11.6 Å². The molecular weight excluding hydrogens is 468 g/mol. The van der Waals surface area contributed by atoms with Gasteiger partial charge in [0, 0.05) is 35.7 Å². The molecule has 1 atom stereocenters. The number of halogens is 1. The topological polar surface area (TPSA) is 113 Å². The van der Waals surface area contributed by atoms with E-state index in [1.54, 1.807) is 12.1 Å². The average molecular weight is 493 g/mol. The Labute approximate surface area is 207 Å². The summed E-state index contributed by atoms with van der Waals surface area (Å²) >= 11 is 6.17. The summed E-state index contributed by atoms with van der Waals surface area (Å²) in [4.78, 5) is 37.0. The van der Waals surface area contributed by atoms with E-state index in [-0.39, 0.29) is 35.4 Å². The number of benzene rings is 3. The molecule has 0 radical (unpaired) electrons. The van der Waals surface area contributed by atoms with Gasteiger partial charge in [0.1, 0.15) is 11.7 Å². The minimum absolute atomic E-state index is 0.0947. The van der Waals surface area contributed by atoms with Crippen LogP contribution in [0.2, 0.25) is 5.02 Å². The Morgan fingerprint density at radius 3 is 2.43 bits per heavy atom. The molecule has 0 saturated heterocycles. The van der Waals surface area contributed by atoms with E-state index in [0.29, 0.717) is 11.4 Å². The van der Waals surface area contributed by atoms with Gasteiger partial charge >= 0.3 is 0 Å². The molecule has 1 saturated carbocycles. The predicted octanol–water partition coefficient (Wildman–Crippen LogP) is 4.48. The number of carbonyl (C=O) groups excluding carboxylic acids is 2. The number of nitro benzene ring substituents is 1. The first-order valence-electron chi connectivity index (χ1n) is 11.3. The van der Waals surface area contributed by atoms with Gasteiger partial charge in [-0.2, -0.15) is 0 Å². The second kappa shape index (κ2) is 11.0. The second-order valence-electron chi connectivity index (χ2n) is 8.43. The average Bonchev–Trinajstić information content (AvgIpc) is 3.67. The largest absolute Gasteiger partial charge is 0.375 e. The maximum absolute atomic E-state index is 13.0. The number of rotatable bonds is 10. The first-order valence-corrected chi connectivity index (χ1v) is 11.7. The van der Waals surface area contributed by atoms with Crippen molar-refractivity contribution in [1.29, 1.82) is 0 Å². The zero-order valence-corrected chi connectivity index (χ0v) is 19.6. The fraction of sp³-hybridized carbons (Fsp3) is 0.231. The lowest BCUT2D eigenvalue weighted by atomic mass is 10.0. The molecule has 8 nitrogen and oxygen atoms in total. The molecule has 4 rings (SSSR count). The molecule has 2 amide bonds. The van der Waals surface area contributed by atoms with Crippen molar-refractivity contribution >= 4 is 34.8 Å². The predicted molar refractivity (Wildman–Crippen MR) is 134 cm³/mol. The number of carbonyl (C=O) groups is 2. The number of nitrogens with zero attached hydrogens (tertiary/aromatic N) is 1. The number of hydrogen-bond acceptors (Lipinski definition) is 5. The molecule has 0 unspecified atom stereocenters. The summed E-state index contributed by atoms with van der Waals surface area (Å²) in [6, 6.07) is 20.1. The minimum Gasteiger partial charge on any atom is -0.375 e. The Balaban J connectivity index is 1.50. The summed E-state index contributed by atoms with van der Waals surface area (Å²) in [7, 11) is 0. The van der Waals surface area contributed by atoms with E-state index in [1.807, 2.05) is 42.5 Å². The lowest BCUT2D eigenvalue weighted by Gasteiger charge is -2.19. The van der Waals surface area contributed by atoms with Gasteiger partial charge in [0.2, 0.25) is 5.91 Å². The molecule has 180 valence electrons. The molecule has 0 bridgehead atoms. The standard InChI is InChI=1S/C26H25ClN4O4/c27-21-9-5-4-8-19(21)16-28-22-13-10-18(15-24(22)31(34)35)25(32)30-23(26(33)29-20-11-12-20)14-17-6-2-1-3-7-17/h1-10,13,15,20,23,28H,11-12,14,16H2,(H,29,33)(H,30,32)/t23-/m1/s1. The van der Waals surface area contributed by atoms with Gasteiger partial charge < -0.3 is 16.0 Å². The van der Waals surface area contributed by atoms with Crippen LogP contribution < -0.4 is 16.0 Å². The second-order valence-corrected chi connectivity index (χ2v) is 8.84. The van der Waals surface area contributed by atoms with Gasteiger partial charge in [-0.05, 0) is 42.2 Å². The molecule has 1 aliphatic rings. The monoisotopic (exact) mass is 492 g/mol. The molecule has 1 aliphatic carbocycles. The Kier molecular flexibility index (Phi) is 7.62. The number of anilines is 1. The van der Waals surface area contributed by atoms with E-state index >= 15 is 0 Å². The van der Waals surface area contributed by atoms with Gasteiger partial charge in [-0.3, -0.25) is 19.7 Å². The van der Waals surface area contributed by atoms with Crippen molar-refractivity contribution in [1.82, 2.24) is 10.6 Å². The Morgan fingerprint density at radius 1 is 1.03 bits per heavy atom. The molecule has 0 aromatic heterocycles. The minimum atomic E-state index is -0.803. The maximum Gasteiger partial charge on any atom is 0.293 e. The number of amides is 2. The molecule has 3 N–H and O–H groups in total. The van der Waals surface area contributed by atoms with Gasteiger partial charge in [0.15, 0.2) is 0 Å². The fourth-order valence-corrected chi connectivity index (χ4v) is 3.84. The van der Waals surface area contributed by atoms with Crippen LogP contribution in [0.15, 0.2) is 72.8 Å². The van der Waals surface area contributed by atoms with Gasteiger partial charge in [-0.1, -0.05) is 60.1 Å². The van der Waals surface area contributed by atoms with Crippen LogP contribution in [0.25, 0.3) is 0 Å². The zero-order valence-electron chi connectivity index (χ0n) is 18.9. The fourth-order valence-electron chi connectivity index (χ4n) is 3.64. The van der Waals surface area contributed by atoms with Gasteiger partial charge in [-0.25, -0.2) is 0 Å². The van der Waals surface area contributed by atoms with Gasteiger partial charge in [0.25, 0.3) is 11.6 Å². The van der Waals surface area contributed by atoms with Gasteiger partial charge in [0.05, 0.1) is 4.92 Å². The summed E-state index contributed by atoms with van der Waals surface area (Å²) in [6.45, 7) is 0.284. The van der Waals surface area contributed by atoms with Crippen LogP contribution in [0.1, 0.15) is 34.3 Å². The van der Waals surface area contributed by atoms with E-state index < -0.39 is 16.9 Å². The van der Waals surface area contributed by atoms with E-state index in [0.717, 1.165) is 24.0 Å². The van der Waals surface area contributed by atoms with Crippen LogP contribution in [0.3, 0.4) is 0 Å². The summed E-state index contributed by atoms with van der Waals surface area (Å²) in [5, 5.41) is 21.0. The normalized spacial score (nSPS) is 13.5. The van der Waals surface area contributed by atoms with Crippen LogP contribution >= 0.6 is 11.6 Å². The van der Waals surface area contributed by atoms with Crippen molar-refractivity contribution in [2.75, 3.05) is 5.32 Å². The third kappa shape index (κ3) is 6.58. The maximum atomic E-state index is 13.0. The molecule has 3 aromatic carbocycles. The van der Waals surface area contributed by atoms with Crippen LogP contribution in [0.5, 0.6) is 0 Å². The molecular formula is C26H25ClN4O4. The Morgan fingerprint density at radius 2 is 1.74 bits per heavy atom. The quantitative estimate of drug-likeness (QED) is 0.285. The highest BCUT2D eigenvalue weighted by atomic mass is 35.5. The third-order valence-corrected chi connectivity index (χ3v) is 6.08. The van der Waals surface area contributed by atoms with Crippen LogP contribution in [0.4, 0.5) is 11.4 Å². The number of hydrogen-bond donors (Lipinski definition) is 3. The van der Waals surface area contributed by atoms with Crippen molar-refractivity contribution in [3.8, 4) is 0 Å². The Hall–Kier alpha value is -3.91. The number of nitro groups is 1. The summed E-state index contributed by atoms with van der Waals surface area (Å²) in [5.74, 6) is -0.824. The highest BCUT2D eigenvalue weighted by Crippen LogP contribution is 2.27. The zero-order chi connectivity index (χ0) is 24.8. The van der Waals surface area contributed by atoms with Crippen molar-refractivity contribution < 1.29 is 14.5 Å². The molecule has 0 aliphatic heterocycles. The third-order valence-electron chi connectivity index (χ3n) is 5.71. The summed E-state index contributed by atoms with van der Waals surface area (Å²) in [5.41, 5.74) is 1.80. The van der Waals surface area contributed by atoms with Gasteiger partial charge in [-0.15, -0.1) is 0 Å². The van der Waals surface area contributed by atoms with E-state index in [9.17, 15) is 19.7 Å². The molecule has 9 heteroatoms. The highest BCUT2D eigenvalue weighted by Gasteiger charge is 2.29. The first-order chi connectivity index (χ1) is 16.9. The smallest absolute Gasteiger partial charge is 0.293 e. The van der Waals surface area contributed by atoms with E-state index in [2.05, 4.69) is 16.0 Å². The summed E-state index contributed by atoms with van der Waals surface area (Å²) in [6.07, 6.45) is 2.16.